The van der Waals surface area contributed by atoms with Gasteiger partial charge in [-0.1, -0.05) is 18.2 Å². The van der Waals surface area contributed by atoms with Crippen LogP contribution in [0.3, 0.4) is 0 Å². The normalized spacial score (nSPS) is 10.5. The van der Waals surface area contributed by atoms with Crippen LogP contribution in [0.25, 0.3) is 11.4 Å². The van der Waals surface area contributed by atoms with Crippen LogP contribution in [0.4, 0.5) is 0 Å². The number of imidazole rings is 1. The maximum atomic E-state index is 11.9. The molecule has 8 heteroatoms. The highest BCUT2D eigenvalue weighted by molar-refractivity contribution is 5.90. The molecule has 0 saturated carbocycles. The maximum absolute atomic E-state index is 11.9. The molecular weight excluding hydrogens is 270 g/mol. The Morgan fingerprint density at radius 1 is 1.38 bits per heavy atom. The molecule has 0 aliphatic rings. The molecule has 0 radical (unpaired) electrons. The van der Waals surface area contributed by atoms with Gasteiger partial charge >= 0.3 is 0 Å². The van der Waals surface area contributed by atoms with Gasteiger partial charge < -0.3 is 10.3 Å². The Morgan fingerprint density at radius 3 is 3.00 bits per heavy atom. The van der Waals surface area contributed by atoms with Crippen molar-refractivity contribution in [2.24, 2.45) is 0 Å². The summed E-state index contributed by atoms with van der Waals surface area (Å²) in [6, 6.07) is 7.58. The molecule has 0 aliphatic heterocycles. The first-order chi connectivity index (χ1) is 10.2. The largest absolute Gasteiger partial charge is 0.345 e. The second-order valence-corrected chi connectivity index (χ2v) is 4.53. The molecule has 0 unspecified atom stereocenters. The molecule has 21 heavy (non-hydrogen) atoms. The minimum Gasteiger partial charge on any atom is -0.345 e. The summed E-state index contributed by atoms with van der Waals surface area (Å²) in [5.74, 6) is 0.583. The summed E-state index contributed by atoms with van der Waals surface area (Å²) in [4.78, 5) is 18.8. The summed E-state index contributed by atoms with van der Waals surface area (Å²) in [5.41, 5.74) is 2.62. The lowest BCUT2D eigenvalue weighted by Gasteiger charge is -2.04. The summed E-state index contributed by atoms with van der Waals surface area (Å²) in [7, 11) is 0. The molecule has 3 rings (SSSR count). The van der Waals surface area contributed by atoms with Crippen molar-refractivity contribution in [2.75, 3.05) is 0 Å². The number of amides is 1. The van der Waals surface area contributed by atoms with E-state index in [4.69, 9.17) is 0 Å². The van der Waals surface area contributed by atoms with Crippen molar-refractivity contribution in [1.29, 1.82) is 0 Å². The van der Waals surface area contributed by atoms with Crippen molar-refractivity contribution in [3.05, 3.63) is 47.5 Å². The zero-order valence-electron chi connectivity index (χ0n) is 11.3. The predicted molar refractivity (Wildman–Crippen MR) is 74.1 cm³/mol. The van der Waals surface area contributed by atoms with Crippen LogP contribution in [0.15, 0.2) is 30.5 Å². The minimum absolute atomic E-state index is 0.243. The van der Waals surface area contributed by atoms with Crippen molar-refractivity contribution in [1.82, 2.24) is 35.9 Å². The second-order valence-electron chi connectivity index (χ2n) is 4.53. The van der Waals surface area contributed by atoms with E-state index in [0.29, 0.717) is 18.2 Å². The molecule has 8 nitrogen and oxygen atoms in total. The van der Waals surface area contributed by atoms with E-state index in [0.717, 1.165) is 16.8 Å². The fourth-order valence-corrected chi connectivity index (χ4v) is 1.90. The highest BCUT2D eigenvalue weighted by Crippen LogP contribution is 2.14. The lowest BCUT2D eigenvalue weighted by molar-refractivity contribution is 0.0941. The number of benzene rings is 1. The van der Waals surface area contributed by atoms with Crippen molar-refractivity contribution in [2.45, 2.75) is 13.5 Å². The van der Waals surface area contributed by atoms with E-state index in [1.165, 1.54) is 0 Å². The highest BCUT2D eigenvalue weighted by atomic mass is 16.2. The van der Waals surface area contributed by atoms with Gasteiger partial charge in [0, 0.05) is 24.0 Å². The van der Waals surface area contributed by atoms with Gasteiger partial charge in [-0.25, -0.2) is 4.98 Å². The molecule has 106 valence electrons. The zero-order chi connectivity index (χ0) is 14.7. The summed E-state index contributed by atoms with van der Waals surface area (Å²) < 4.78 is 0. The molecule has 2 aromatic heterocycles. The number of nitrogens with zero attached hydrogens (tertiary/aromatic N) is 4. The van der Waals surface area contributed by atoms with Gasteiger partial charge in [0.1, 0.15) is 0 Å². The second kappa shape index (κ2) is 5.53. The van der Waals surface area contributed by atoms with Crippen molar-refractivity contribution in [3.63, 3.8) is 0 Å². The average molecular weight is 283 g/mol. The number of aromatic nitrogens is 6. The molecule has 3 N–H and O–H groups in total. The van der Waals surface area contributed by atoms with Gasteiger partial charge in [0.2, 0.25) is 5.82 Å². The van der Waals surface area contributed by atoms with Gasteiger partial charge in [0.05, 0.1) is 0 Å². The van der Waals surface area contributed by atoms with Crippen LogP contribution in [0, 0.1) is 6.92 Å². The molecule has 0 saturated heterocycles. The van der Waals surface area contributed by atoms with E-state index < -0.39 is 0 Å². The lowest BCUT2D eigenvalue weighted by atomic mass is 10.1. The predicted octanol–water partition coefficient (Wildman–Crippen LogP) is 0.828. The third-order valence-electron chi connectivity index (χ3n) is 2.90. The summed E-state index contributed by atoms with van der Waals surface area (Å²) in [6.45, 7) is 2.24. The van der Waals surface area contributed by atoms with Gasteiger partial charge in [-0.2, -0.15) is 5.21 Å². The average Bonchev–Trinajstić information content (AvgIpc) is 3.16. The zero-order valence-corrected chi connectivity index (χ0v) is 11.3. The van der Waals surface area contributed by atoms with Gasteiger partial charge in [-0.3, -0.25) is 4.79 Å². The Hall–Kier alpha value is -3.03. The molecule has 3 aromatic rings. The van der Waals surface area contributed by atoms with Crippen molar-refractivity contribution >= 4 is 5.91 Å². The summed E-state index contributed by atoms with van der Waals surface area (Å²) >= 11 is 0. The number of carbonyl (C=O) groups excluding carboxylic acids is 1. The van der Waals surface area contributed by atoms with Gasteiger partial charge in [-0.05, 0) is 23.8 Å². The fraction of sp³-hybridized carbons (Fsp3) is 0.154. The summed E-state index contributed by atoms with van der Waals surface area (Å²) in [6.07, 6.45) is 1.62. The van der Waals surface area contributed by atoms with Crippen LogP contribution >= 0.6 is 0 Å². The van der Waals surface area contributed by atoms with Crippen LogP contribution in [-0.4, -0.2) is 36.5 Å². The van der Waals surface area contributed by atoms with Gasteiger partial charge in [-0.15, -0.1) is 10.2 Å². The standard InChI is InChI=1S/C13H13N7O/c1-8-6-14-12(16-8)13(21)15-7-9-3-2-4-10(5-9)11-17-19-20-18-11/h2-6H,7H2,1H3,(H,14,16)(H,15,21)(H,17,18,19,20). The van der Waals surface area contributed by atoms with E-state index in [1.54, 1.807) is 6.20 Å². The van der Waals surface area contributed by atoms with Crippen LogP contribution < -0.4 is 5.32 Å². The molecular formula is C13H13N7O. The number of hydrogen-bond acceptors (Lipinski definition) is 5. The number of carbonyl (C=O) groups is 1. The van der Waals surface area contributed by atoms with Crippen LogP contribution in [0.2, 0.25) is 0 Å². The van der Waals surface area contributed by atoms with E-state index in [2.05, 4.69) is 35.9 Å². The molecule has 0 fully saturated rings. The third kappa shape index (κ3) is 2.94. The molecule has 0 atom stereocenters. The molecule has 0 aliphatic carbocycles. The number of H-pyrrole nitrogens is 2. The van der Waals surface area contributed by atoms with Gasteiger partial charge in [0.15, 0.2) is 5.82 Å². The van der Waals surface area contributed by atoms with E-state index in [9.17, 15) is 4.79 Å². The lowest BCUT2D eigenvalue weighted by Crippen LogP contribution is -2.23. The smallest absolute Gasteiger partial charge is 0.287 e. The Morgan fingerprint density at radius 2 is 2.29 bits per heavy atom. The quantitative estimate of drug-likeness (QED) is 0.656. The Balaban J connectivity index is 1.68. The minimum atomic E-state index is -0.243. The molecule has 0 spiro atoms. The third-order valence-corrected chi connectivity index (χ3v) is 2.90. The molecule has 2 heterocycles. The fourth-order valence-electron chi connectivity index (χ4n) is 1.90. The van der Waals surface area contributed by atoms with E-state index in [1.807, 2.05) is 31.2 Å². The summed E-state index contributed by atoms with van der Waals surface area (Å²) in [5, 5.41) is 16.6. The Kier molecular flexibility index (Phi) is 3.42. The van der Waals surface area contributed by atoms with Crippen LogP contribution in [0.1, 0.15) is 21.9 Å². The number of hydrogen-bond donors (Lipinski definition) is 3. The van der Waals surface area contributed by atoms with Crippen LogP contribution in [0.5, 0.6) is 0 Å². The molecule has 0 bridgehead atoms. The monoisotopic (exact) mass is 283 g/mol. The first kappa shape index (κ1) is 13.0. The van der Waals surface area contributed by atoms with Crippen molar-refractivity contribution in [3.8, 4) is 11.4 Å². The first-order valence-corrected chi connectivity index (χ1v) is 6.35. The van der Waals surface area contributed by atoms with Crippen LogP contribution in [-0.2, 0) is 6.54 Å². The number of nitrogens with one attached hydrogen (secondary N) is 3. The number of rotatable bonds is 4. The van der Waals surface area contributed by atoms with Crippen molar-refractivity contribution < 1.29 is 4.79 Å². The van der Waals surface area contributed by atoms with E-state index >= 15 is 0 Å². The molecule has 1 amide bonds. The maximum Gasteiger partial charge on any atom is 0.287 e. The van der Waals surface area contributed by atoms with Gasteiger partial charge in [0.25, 0.3) is 5.91 Å². The highest BCUT2D eigenvalue weighted by Gasteiger charge is 2.09. The first-order valence-electron chi connectivity index (χ1n) is 6.35. The topological polar surface area (TPSA) is 112 Å². The number of aryl methyl sites for hydroxylation is 1. The number of tetrazole rings is 1. The SMILES string of the molecule is Cc1cnc(C(=O)NCc2cccc(-c3nn[nH]n3)c2)[nH]1. The number of aromatic amines is 2. The molecule has 1 aromatic carbocycles. The Labute approximate surface area is 120 Å². The Bertz CT molecular complexity index is 747. The van der Waals surface area contributed by atoms with E-state index in [-0.39, 0.29) is 5.91 Å².